The van der Waals surface area contributed by atoms with Gasteiger partial charge in [0, 0.05) is 37.7 Å². The maximum atomic E-state index is 12.8. The number of rotatable bonds is 14. The molecular formula is C27H36N4O7. The van der Waals surface area contributed by atoms with Crippen molar-refractivity contribution in [2.24, 2.45) is 5.92 Å². The second-order valence-electron chi connectivity index (χ2n) is 9.46. The highest BCUT2D eigenvalue weighted by atomic mass is 16.5. The molecule has 1 aromatic carbocycles. The van der Waals surface area contributed by atoms with Crippen LogP contribution in [0.2, 0.25) is 0 Å². The molecule has 11 heteroatoms. The summed E-state index contributed by atoms with van der Waals surface area (Å²) in [5.41, 5.74) is 1.29. The van der Waals surface area contributed by atoms with Crippen LogP contribution in [0.4, 0.5) is 5.69 Å². The number of ether oxygens (including phenoxy) is 1. The minimum atomic E-state index is -0.855. The first-order valence-corrected chi connectivity index (χ1v) is 12.6. The van der Waals surface area contributed by atoms with E-state index in [-0.39, 0.29) is 42.6 Å². The topological polar surface area (TPSA) is 151 Å². The summed E-state index contributed by atoms with van der Waals surface area (Å²) < 4.78 is 4.93. The van der Waals surface area contributed by atoms with Crippen molar-refractivity contribution in [1.29, 1.82) is 0 Å². The van der Waals surface area contributed by atoms with Crippen LogP contribution in [0.25, 0.3) is 0 Å². The molecule has 1 heterocycles. The summed E-state index contributed by atoms with van der Waals surface area (Å²) in [4.78, 5) is 73.0. The summed E-state index contributed by atoms with van der Waals surface area (Å²) in [6.07, 6.45) is 4.45. The van der Waals surface area contributed by atoms with Crippen LogP contribution < -0.4 is 16.0 Å². The predicted octanol–water partition coefficient (Wildman–Crippen LogP) is 1.82. The maximum Gasteiger partial charge on any atom is 0.302 e. The van der Waals surface area contributed by atoms with Crippen LogP contribution in [0.1, 0.15) is 58.9 Å². The van der Waals surface area contributed by atoms with Gasteiger partial charge in [-0.15, -0.1) is 0 Å². The van der Waals surface area contributed by atoms with Crippen molar-refractivity contribution in [3.8, 4) is 0 Å². The largest absolute Gasteiger partial charge is 0.461 e. The first-order chi connectivity index (χ1) is 18.0. The predicted molar refractivity (Wildman–Crippen MR) is 139 cm³/mol. The Morgan fingerprint density at radius 2 is 1.50 bits per heavy atom. The molecule has 0 bridgehead atoms. The van der Waals surface area contributed by atoms with Gasteiger partial charge in [0.05, 0.1) is 0 Å². The summed E-state index contributed by atoms with van der Waals surface area (Å²) in [5.74, 6) is -2.42. The number of anilines is 1. The number of nitrogens with zero attached hydrogens (tertiary/aromatic N) is 1. The van der Waals surface area contributed by atoms with E-state index < -0.39 is 23.9 Å². The highest BCUT2D eigenvalue weighted by Gasteiger charge is 2.27. The summed E-state index contributed by atoms with van der Waals surface area (Å²) in [7, 11) is 0. The molecule has 0 saturated carbocycles. The molecular weight excluding hydrogens is 492 g/mol. The zero-order valence-corrected chi connectivity index (χ0v) is 22.2. The third-order valence-electron chi connectivity index (χ3n) is 5.87. The van der Waals surface area contributed by atoms with Gasteiger partial charge in [0.2, 0.25) is 17.7 Å². The van der Waals surface area contributed by atoms with Crippen molar-refractivity contribution in [3.05, 3.63) is 42.0 Å². The molecule has 11 nitrogen and oxygen atoms in total. The van der Waals surface area contributed by atoms with Gasteiger partial charge < -0.3 is 20.7 Å². The molecule has 0 unspecified atom stereocenters. The lowest BCUT2D eigenvalue weighted by atomic mass is 10.0. The van der Waals surface area contributed by atoms with Crippen LogP contribution in [0.3, 0.4) is 0 Å². The number of amides is 5. The summed E-state index contributed by atoms with van der Waals surface area (Å²) >= 11 is 0. The molecule has 0 spiro atoms. The van der Waals surface area contributed by atoms with Gasteiger partial charge in [0.25, 0.3) is 11.8 Å². The number of carbonyl (C=O) groups excluding carboxylic acids is 6. The van der Waals surface area contributed by atoms with E-state index in [1.165, 1.54) is 19.1 Å². The summed E-state index contributed by atoms with van der Waals surface area (Å²) in [6, 6.07) is 5.10. The number of benzene rings is 1. The second-order valence-corrected chi connectivity index (χ2v) is 9.46. The van der Waals surface area contributed by atoms with Gasteiger partial charge in [-0.05, 0) is 43.4 Å². The molecule has 1 aliphatic rings. The number of nitrogens with one attached hydrogen (secondary N) is 3. The molecule has 0 saturated heterocycles. The molecule has 1 aromatic rings. The van der Waals surface area contributed by atoms with Gasteiger partial charge in [0.15, 0.2) is 0 Å². The van der Waals surface area contributed by atoms with Crippen molar-refractivity contribution in [2.45, 2.75) is 72.1 Å². The fraction of sp³-hybridized carbons (Fsp3) is 0.481. The number of esters is 1. The molecule has 2 rings (SSSR count). The van der Waals surface area contributed by atoms with Crippen molar-refractivity contribution >= 4 is 41.2 Å². The minimum Gasteiger partial charge on any atom is -0.461 e. The fourth-order valence-electron chi connectivity index (χ4n) is 3.65. The molecule has 2 atom stereocenters. The quantitative estimate of drug-likeness (QED) is 0.189. The lowest BCUT2D eigenvalue weighted by Gasteiger charge is -2.24. The van der Waals surface area contributed by atoms with Gasteiger partial charge in [-0.1, -0.05) is 32.4 Å². The normalized spacial score (nSPS) is 14.3. The van der Waals surface area contributed by atoms with E-state index in [0.29, 0.717) is 31.5 Å². The Balaban J connectivity index is 1.75. The van der Waals surface area contributed by atoms with Gasteiger partial charge in [-0.2, -0.15) is 0 Å². The molecule has 38 heavy (non-hydrogen) atoms. The number of hydrogen-bond donors (Lipinski definition) is 3. The molecule has 0 aromatic heterocycles. The molecule has 0 aliphatic carbocycles. The Morgan fingerprint density at radius 1 is 0.868 bits per heavy atom. The molecule has 1 aliphatic heterocycles. The summed E-state index contributed by atoms with van der Waals surface area (Å²) in [6.45, 7) is 6.91. The van der Waals surface area contributed by atoms with E-state index in [1.54, 1.807) is 45.0 Å². The van der Waals surface area contributed by atoms with Crippen molar-refractivity contribution in [2.75, 3.05) is 11.9 Å². The van der Waals surface area contributed by atoms with Crippen molar-refractivity contribution < 1.29 is 33.5 Å². The third-order valence-corrected chi connectivity index (χ3v) is 5.87. The van der Waals surface area contributed by atoms with Gasteiger partial charge >= 0.3 is 5.97 Å². The first-order valence-electron chi connectivity index (χ1n) is 12.6. The molecule has 0 fully saturated rings. The monoisotopic (exact) mass is 528 g/mol. The van der Waals surface area contributed by atoms with Gasteiger partial charge in [0.1, 0.15) is 18.7 Å². The van der Waals surface area contributed by atoms with E-state index in [9.17, 15) is 28.8 Å². The zero-order chi connectivity index (χ0) is 28.2. The van der Waals surface area contributed by atoms with Gasteiger partial charge in [-0.3, -0.25) is 33.7 Å². The molecule has 206 valence electrons. The van der Waals surface area contributed by atoms with E-state index in [0.717, 1.165) is 10.5 Å². The summed E-state index contributed by atoms with van der Waals surface area (Å²) in [5, 5.41) is 8.10. The van der Waals surface area contributed by atoms with E-state index in [1.807, 2.05) is 0 Å². The van der Waals surface area contributed by atoms with Crippen LogP contribution in [-0.4, -0.2) is 59.0 Å². The SMILES string of the molecule is CC(=O)OCc1ccc(NC(=O)[C@@H](C)NC(=O)[C@H](NC(=O)CCCCCN2C(=O)C=CC2=O)C(C)C)cc1. The van der Waals surface area contributed by atoms with E-state index >= 15 is 0 Å². The average molecular weight is 529 g/mol. The van der Waals surface area contributed by atoms with Crippen LogP contribution in [0, 0.1) is 5.92 Å². The Morgan fingerprint density at radius 3 is 2.08 bits per heavy atom. The third kappa shape index (κ3) is 9.79. The highest BCUT2D eigenvalue weighted by Crippen LogP contribution is 2.12. The Kier molecular flexibility index (Phi) is 11.6. The Labute approximate surface area is 222 Å². The van der Waals surface area contributed by atoms with E-state index in [4.69, 9.17) is 4.74 Å². The fourth-order valence-corrected chi connectivity index (χ4v) is 3.65. The van der Waals surface area contributed by atoms with Gasteiger partial charge in [-0.25, -0.2) is 0 Å². The lowest BCUT2D eigenvalue weighted by Crippen LogP contribution is -2.53. The Bertz CT molecular complexity index is 1050. The number of imide groups is 1. The Hall–Kier alpha value is -4.02. The first kappa shape index (κ1) is 30.2. The molecule has 3 N–H and O–H groups in total. The molecule has 5 amide bonds. The van der Waals surface area contributed by atoms with Crippen LogP contribution in [-0.2, 0) is 40.1 Å². The van der Waals surface area contributed by atoms with E-state index in [2.05, 4.69) is 16.0 Å². The van der Waals surface area contributed by atoms with Crippen LogP contribution >= 0.6 is 0 Å². The second kappa shape index (κ2) is 14.7. The highest BCUT2D eigenvalue weighted by molar-refractivity contribution is 6.12. The standard InChI is InChI=1S/C27H36N4O7/c1-17(2)25(30-22(33)8-6-5-7-15-31-23(34)13-14-24(31)35)27(37)28-18(3)26(36)29-21-11-9-20(10-12-21)16-38-19(4)32/h9-14,17-18,25H,5-8,15-16H2,1-4H3,(H,28,37)(H,29,36)(H,30,33)/t18-,25-/m1/s1. The maximum absolute atomic E-state index is 12.8. The minimum absolute atomic E-state index is 0.136. The zero-order valence-electron chi connectivity index (χ0n) is 22.2. The van der Waals surface area contributed by atoms with Crippen LogP contribution in [0.15, 0.2) is 36.4 Å². The number of unbranched alkanes of at least 4 members (excludes halogenated alkanes) is 2. The molecule has 0 radical (unpaired) electrons. The average Bonchev–Trinajstić information content (AvgIpc) is 3.18. The number of carbonyl (C=O) groups is 6. The van der Waals surface area contributed by atoms with Crippen molar-refractivity contribution in [1.82, 2.24) is 15.5 Å². The van der Waals surface area contributed by atoms with Crippen molar-refractivity contribution in [3.63, 3.8) is 0 Å². The number of hydrogen-bond acceptors (Lipinski definition) is 7. The smallest absolute Gasteiger partial charge is 0.302 e. The van der Waals surface area contributed by atoms with Crippen LogP contribution in [0.5, 0.6) is 0 Å². The lowest BCUT2D eigenvalue weighted by molar-refractivity contribution is -0.142.